The van der Waals surface area contributed by atoms with E-state index in [0.29, 0.717) is 0 Å². The van der Waals surface area contributed by atoms with Gasteiger partial charge in [0, 0.05) is 6.04 Å². The topological polar surface area (TPSA) is 12.0 Å². The van der Waals surface area contributed by atoms with Crippen LogP contribution in [0.25, 0.3) is 0 Å². The van der Waals surface area contributed by atoms with Gasteiger partial charge >= 0.3 is 0 Å². The molecule has 0 radical (unpaired) electrons. The van der Waals surface area contributed by atoms with E-state index >= 15 is 0 Å². The Morgan fingerprint density at radius 3 is 2.64 bits per heavy atom. The van der Waals surface area contributed by atoms with Gasteiger partial charge in [-0.2, -0.15) is 0 Å². The highest BCUT2D eigenvalue weighted by Crippen LogP contribution is 2.19. The summed E-state index contributed by atoms with van der Waals surface area (Å²) in [6.07, 6.45) is 11.7. The van der Waals surface area contributed by atoms with Gasteiger partial charge in [-0.1, -0.05) is 25.5 Å². The Bertz CT molecular complexity index is 168. The number of nitrogens with one attached hydrogen (secondary N) is 1. The molecule has 0 aromatic carbocycles. The molecular weight excluding hydrogens is 170 g/mol. The first-order valence-corrected chi connectivity index (χ1v) is 6.28. The maximum Gasteiger partial charge on any atom is 0.00619 e. The molecule has 82 valence electrons. The van der Waals surface area contributed by atoms with Gasteiger partial charge in [0.15, 0.2) is 0 Å². The first-order valence-electron chi connectivity index (χ1n) is 6.28. The van der Waals surface area contributed by atoms with Gasteiger partial charge in [-0.25, -0.2) is 0 Å². The number of hydrogen-bond donors (Lipinski definition) is 1. The molecule has 0 aromatic rings. The third-order valence-corrected chi connectivity index (χ3v) is 3.25. The normalized spacial score (nSPS) is 17.2. The lowest BCUT2D eigenvalue weighted by Gasteiger charge is -2.17. The van der Waals surface area contributed by atoms with E-state index in [9.17, 15) is 0 Å². The zero-order valence-corrected chi connectivity index (χ0v) is 9.81. The van der Waals surface area contributed by atoms with Gasteiger partial charge in [-0.3, -0.25) is 0 Å². The highest BCUT2D eigenvalue weighted by atomic mass is 14.9. The van der Waals surface area contributed by atoms with E-state index in [2.05, 4.69) is 25.2 Å². The predicted molar refractivity (Wildman–Crippen MR) is 63.5 cm³/mol. The van der Waals surface area contributed by atoms with Crippen LogP contribution in [0.1, 0.15) is 58.8 Å². The quantitative estimate of drug-likeness (QED) is 0.638. The minimum atomic E-state index is 0.735. The molecule has 0 aromatic heterocycles. The molecule has 0 amide bonds. The zero-order valence-electron chi connectivity index (χ0n) is 9.81. The van der Waals surface area contributed by atoms with Crippen molar-refractivity contribution in [1.82, 2.24) is 5.32 Å². The average Bonchev–Trinajstić information content (AvgIpc) is 2.26. The lowest BCUT2D eigenvalue weighted by molar-refractivity contribution is 0.483. The highest BCUT2D eigenvalue weighted by Gasteiger charge is 2.05. The first-order chi connectivity index (χ1) is 6.86. The summed E-state index contributed by atoms with van der Waals surface area (Å²) in [4.78, 5) is 0. The van der Waals surface area contributed by atoms with Gasteiger partial charge < -0.3 is 5.32 Å². The highest BCUT2D eigenvalue weighted by molar-refractivity contribution is 5.05. The lowest BCUT2D eigenvalue weighted by atomic mass is 9.97. The largest absolute Gasteiger partial charge is 0.314 e. The van der Waals surface area contributed by atoms with Crippen molar-refractivity contribution in [3.8, 4) is 0 Å². The second kappa shape index (κ2) is 7.05. The van der Waals surface area contributed by atoms with Crippen LogP contribution in [0.15, 0.2) is 11.6 Å². The van der Waals surface area contributed by atoms with Gasteiger partial charge in [-0.15, -0.1) is 0 Å². The van der Waals surface area contributed by atoms with Crippen molar-refractivity contribution < 1.29 is 0 Å². The summed E-state index contributed by atoms with van der Waals surface area (Å²) in [6.45, 7) is 5.71. The monoisotopic (exact) mass is 195 g/mol. The zero-order chi connectivity index (χ0) is 10.2. The van der Waals surface area contributed by atoms with E-state index in [1.165, 1.54) is 51.5 Å². The van der Waals surface area contributed by atoms with Gasteiger partial charge in [0.25, 0.3) is 0 Å². The second-order valence-corrected chi connectivity index (χ2v) is 4.33. The third kappa shape index (κ3) is 4.28. The smallest absolute Gasteiger partial charge is 0.00619 e. The Kier molecular flexibility index (Phi) is 5.93. The summed E-state index contributed by atoms with van der Waals surface area (Å²) in [6, 6.07) is 0.735. The van der Waals surface area contributed by atoms with Gasteiger partial charge in [0.1, 0.15) is 0 Å². The number of rotatable bonds is 6. The Morgan fingerprint density at radius 1 is 1.29 bits per heavy atom. The first kappa shape index (κ1) is 11.8. The van der Waals surface area contributed by atoms with E-state index < -0.39 is 0 Å². The minimum Gasteiger partial charge on any atom is -0.314 e. The summed E-state index contributed by atoms with van der Waals surface area (Å²) >= 11 is 0. The van der Waals surface area contributed by atoms with Crippen LogP contribution in [-0.4, -0.2) is 12.6 Å². The maximum absolute atomic E-state index is 3.63. The van der Waals surface area contributed by atoms with Crippen LogP contribution in [0.4, 0.5) is 0 Å². The average molecular weight is 195 g/mol. The summed E-state index contributed by atoms with van der Waals surface area (Å²) in [5, 5.41) is 3.63. The van der Waals surface area contributed by atoms with Crippen molar-refractivity contribution in [2.45, 2.75) is 64.8 Å². The summed E-state index contributed by atoms with van der Waals surface area (Å²) < 4.78 is 0. The van der Waals surface area contributed by atoms with Crippen LogP contribution in [-0.2, 0) is 0 Å². The molecule has 1 nitrogen and oxygen atoms in total. The Labute approximate surface area is 89.0 Å². The van der Waals surface area contributed by atoms with Gasteiger partial charge in [-0.05, 0) is 51.5 Å². The van der Waals surface area contributed by atoms with Crippen LogP contribution in [0.5, 0.6) is 0 Å². The molecule has 0 aliphatic heterocycles. The summed E-state index contributed by atoms with van der Waals surface area (Å²) in [5.74, 6) is 0. The fourth-order valence-electron chi connectivity index (χ4n) is 2.15. The lowest BCUT2D eigenvalue weighted by Crippen LogP contribution is -2.28. The molecule has 0 spiro atoms. The van der Waals surface area contributed by atoms with Crippen LogP contribution in [0, 0.1) is 0 Å². The SMILES string of the molecule is CCC(CC)NCCC1=CCCCC1. The van der Waals surface area contributed by atoms with Gasteiger partial charge in [0.2, 0.25) is 0 Å². The summed E-state index contributed by atoms with van der Waals surface area (Å²) in [7, 11) is 0. The molecule has 0 unspecified atom stereocenters. The summed E-state index contributed by atoms with van der Waals surface area (Å²) in [5.41, 5.74) is 1.69. The van der Waals surface area contributed by atoms with Crippen LogP contribution >= 0.6 is 0 Å². The molecule has 1 aliphatic rings. The molecule has 0 fully saturated rings. The van der Waals surface area contributed by atoms with Crippen molar-refractivity contribution in [2.75, 3.05) is 6.54 Å². The molecule has 0 saturated heterocycles. The Balaban J connectivity index is 2.10. The molecule has 0 heterocycles. The van der Waals surface area contributed by atoms with Crippen LogP contribution in [0.2, 0.25) is 0 Å². The third-order valence-electron chi connectivity index (χ3n) is 3.25. The van der Waals surface area contributed by atoms with Crippen molar-refractivity contribution in [1.29, 1.82) is 0 Å². The van der Waals surface area contributed by atoms with E-state index in [1.807, 2.05) is 0 Å². The molecule has 1 N–H and O–H groups in total. The molecule has 1 aliphatic carbocycles. The van der Waals surface area contributed by atoms with E-state index in [4.69, 9.17) is 0 Å². The standard InChI is InChI=1S/C13H25N/c1-3-13(4-2)14-11-10-12-8-6-5-7-9-12/h8,13-14H,3-7,9-11H2,1-2H3. The molecular formula is C13H25N. The molecule has 14 heavy (non-hydrogen) atoms. The fraction of sp³-hybridized carbons (Fsp3) is 0.846. The van der Waals surface area contributed by atoms with Crippen molar-refractivity contribution in [2.24, 2.45) is 0 Å². The molecule has 1 rings (SSSR count). The van der Waals surface area contributed by atoms with E-state index in [-0.39, 0.29) is 0 Å². The van der Waals surface area contributed by atoms with Crippen molar-refractivity contribution in [3.05, 3.63) is 11.6 Å². The van der Waals surface area contributed by atoms with Crippen molar-refractivity contribution in [3.63, 3.8) is 0 Å². The van der Waals surface area contributed by atoms with Crippen molar-refractivity contribution >= 4 is 0 Å². The minimum absolute atomic E-state index is 0.735. The van der Waals surface area contributed by atoms with Crippen LogP contribution in [0.3, 0.4) is 0 Å². The molecule has 0 atom stereocenters. The Hall–Kier alpha value is -0.300. The molecule has 0 saturated carbocycles. The fourth-order valence-corrected chi connectivity index (χ4v) is 2.15. The maximum atomic E-state index is 3.63. The predicted octanol–water partition coefficient (Wildman–Crippen LogP) is 3.66. The Morgan fingerprint density at radius 2 is 2.07 bits per heavy atom. The van der Waals surface area contributed by atoms with Crippen LogP contribution < -0.4 is 5.32 Å². The molecule has 1 heteroatoms. The number of hydrogen-bond acceptors (Lipinski definition) is 1. The second-order valence-electron chi connectivity index (χ2n) is 4.33. The van der Waals surface area contributed by atoms with E-state index in [0.717, 1.165) is 6.04 Å². The van der Waals surface area contributed by atoms with Gasteiger partial charge in [0.05, 0.1) is 0 Å². The number of allylic oxidation sites excluding steroid dienone is 1. The van der Waals surface area contributed by atoms with E-state index in [1.54, 1.807) is 5.57 Å². The molecule has 0 bridgehead atoms.